The van der Waals surface area contributed by atoms with Gasteiger partial charge >= 0.3 is 11.9 Å². The summed E-state index contributed by atoms with van der Waals surface area (Å²) in [6.45, 7) is 3.19. The predicted octanol–water partition coefficient (Wildman–Crippen LogP) is 3.91. The van der Waals surface area contributed by atoms with Crippen molar-refractivity contribution in [2.45, 2.75) is 61.7 Å². The highest BCUT2D eigenvalue weighted by Crippen LogP contribution is 2.39. The van der Waals surface area contributed by atoms with Gasteiger partial charge in [-0.25, -0.2) is 13.2 Å². The fraction of sp³-hybridized carbons (Fsp3) is 0.364. The van der Waals surface area contributed by atoms with Crippen LogP contribution in [0.25, 0.3) is 0 Å². The Labute approximate surface area is 175 Å². The third-order valence-corrected chi connectivity index (χ3v) is 7.59. The van der Waals surface area contributed by atoms with Crippen molar-refractivity contribution >= 4 is 27.4 Å². The van der Waals surface area contributed by atoms with Gasteiger partial charge in [-0.1, -0.05) is 19.3 Å². The summed E-state index contributed by atoms with van der Waals surface area (Å²) in [5, 5.41) is 21.3. The van der Waals surface area contributed by atoms with Crippen molar-refractivity contribution in [1.29, 1.82) is 0 Å². The highest BCUT2D eigenvalue weighted by molar-refractivity contribution is 7.91. The van der Waals surface area contributed by atoms with Crippen molar-refractivity contribution in [3.05, 3.63) is 47.0 Å². The number of carbonyl (C=O) groups excluding carboxylic acids is 1. The minimum Gasteiger partial charge on any atom is -0.508 e. The molecule has 0 unspecified atom stereocenters. The number of carbonyl (C=O) groups is 2. The lowest BCUT2D eigenvalue weighted by molar-refractivity contribution is -0.147. The maximum atomic E-state index is 13.4. The molecule has 1 aliphatic rings. The van der Waals surface area contributed by atoms with Gasteiger partial charge in [0.25, 0.3) is 0 Å². The van der Waals surface area contributed by atoms with E-state index in [1.54, 1.807) is 19.9 Å². The van der Waals surface area contributed by atoms with Crippen molar-refractivity contribution in [2.24, 2.45) is 0 Å². The molecule has 7 nitrogen and oxygen atoms in total. The maximum absolute atomic E-state index is 13.4. The van der Waals surface area contributed by atoms with Gasteiger partial charge in [-0.2, -0.15) is 0 Å². The molecule has 0 heterocycles. The van der Waals surface area contributed by atoms with E-state index in [-0.39, 0.29) is 27.1 Å². The van der Waals surface area contributed by atoms with Gasteiger partial charge < -0.3 is 15.5 Å². The number of aromatic hydroxyl groups is 1. The van der Waals surface area contributed by atoms with Crippen LogP contribution in [0.4, 0.5) is 5.69 Å². The molecule has 0 aliphatic heterocycles. The number of aryl methyl sites for hydroxylation is 2. The van der Waals surface area contributed by atoms with E-state index >= 15 is 0 Å². The topological polar surface area (TPSA) is 121 Å². The molecule has 30 heavy (non-hydrogen) atoms. The average molecular weight is 432 g/mol. The minimum atomic E-state index is -3.88. The largest absolute Gasteiger partial charge is 0.508 e. The molecule has 160 valence electrons. The van der Waals surface area contributed by atoms with Crippen LogP contribution in [0.3, 0.4) is 0 Å². The third-order valence-electron chi connectivity index (χ3n) is 5.54. The lowest BCUT2D eigenvalue weighted by Crippen LogP contribution is -2.22. The van der Waals surface area contributed by atoms with E-state index in [0.717, 1.165) is 32.1 Å². The van der Waals surface area contributed by atoms with Crippen LogP contribution in [0.5, 0.6) is 5.75 Å². The second kappa shape index (κ2) is 8.47. The van der Waals surface area contributed by atoms with Crippen molar-refractivity contribution in [3.8, 4) is 5.75 Å². The second-order valence-corrected chi connectivity index (χ2v) is 9.64. The second-order valence-electron chi connectivity index (χ2n) is 7.76. The summed E-state index contributed by atoms with van der Waals surface area (Å²) >= 11 is 0. The first-order chi connectivity index (χ1) is 14.1. The summed E-state index contributed by atoms with van der Waals surface area (Å²) in [6.07, 6.45) is 5.12. The highest BCUT2D eigenvalue weighted by atomic mass is 32.2. The van der Waals surface area contributed by atoms with Crippen LogP contribution in [0.1, 0.15) is 54.7 Å². The Kier molecular flexibility index (Phi) is 6.17. The zero-order chi connectivity index (χ0) is 22.1. The first-order valence-corrected chi connectivity index (χ1v) is 11.3. The van der Waals surface area contributed by atoms with Crippen molar-refractivity contribution in [2.75, 3.05) is 5.32 Å². The number of carboxylic acid groups (broad SMARTS) is 1. The number of sulfone groups is 1. The van der Waals surface area contributed by atoms with Gasteiger partial charge in [0.1, 0.15) is 5.75 Å². The van der Waals surface area contributed by atoms with Gasteiger partial charge in [0.05, 0.1) is 9.79 Å². The van der Waals surface area contributed by atoms with Crippen LogP contribution in [-0.2, 0) is 19.4 Å². The molecular formula is C22H25NO6S. The standard InChI is InChI=1S/C22H25NO6S/c1-13-10-16(23-21(25)22(26)27)11-14(2)20(13)30(28,29)17-8-9-19(24)18(12-17)15-6-4-3-5-7-15/h8-12,15,24H,3-7H2,1-2H3,(H,23,25)(H,26,27). The lowest BCUT2D eigenvalue weighted by atomic mass is 9.84. The molecule has 0 bridgehead atoms. The van der Waals surface area contributed by atoms with Crippen LogP contribution in [0.2, 0.25) is 0 Å². The van der Waals surface area contributed by atoms with Crippen LogP contribution in [0.15, 0.2) is 40.1 Å². The third kappa shape index (κ3) is 4.33. The molecule has 1 amide bonds. The number of nitrogens with one attached hydrogen (secondary N) is 1. The van der Waals surface area contributed by atoms with Crippen molar-refractivity contribution in [3.63, 3.8) is 0 Å². The maximum Gasteiger partial charge on any atom is 0.394 e. The highest BCUT2D eigenvalue weighted by Gasteiger charge is 2.26. The van der Waals surface area contributed by atoms with E-state index in [1.807, 2.05) is 0 Å². The number of carboxylic acids is 1. The molecule has 8 heteroatoms. The molecule has 0 aromatic heterocycles. The number of hydrogen-bond acceptors (Lipinski definition) is 5. The summed E-state index contributed by atoms with van der Waals surface area (Å²) in [5.74, 6) is -2.56. The summed E-state index contributed by atoms with van der Waals surface area (Å²) in [4.78, 5) is 22.4. The fourth-order valence-electron chi connectivity index (χ4n) is 4.19. The van der Waals surface area contributed by atoms with Crippen molar-refractivity contribution in [1.82, 2.24) is 0 Å². The number of aliphatic carboxylic acids is 1. The molecule has 0 radical (unpaired) electrons. The van der Waals surface area contributed by atoms with Crippen LogP contribution in [0, 0.1) is 13.8 Å². The van der Waals surface area contributed by atoms with E-state index in [0.29, 0.717) is 16.7 Å². The fourth-order valence-corrected chi connectivity index (χ4v) is 5.92. The number of amides is 1. The average Bonchev–Trinajstić information content (AvgIpc) is 2.68. The zero-order valence-electron chi connectivity index (χ0n) is 16.9. The van der Waals surface area contributed by atoms with E-state index in [1.165, 1.54) is 24.3 Å². The molecule has 3 rings (SSSR count). The summed E-state index contributed by atoms with van der Waals surface area (Å²) in [6, 6.07) is 7.27. The normalized spacial score (nSPS) is 15.0. The minimum absolute atomic E-state index is 0.106. The van der Waals surface area contributed by atoms with E-state index in [2.05, 4.69) is 5.32 Å². The summed E-state index contributed by atoms with van der Waals surface area (Å²) < 4.78 is 26.8. The summed E-state index contributed by atoms with van der Waals surface area (Å²) in [7, 11) is -3.88. The quantitative estimate of drug-likeness (QED) is 0.631. The Morgan fingerprint density at radius 2 is 1.60 bits per heavy atom. The zero-order valence-corrected chi connectivity index (χ0v) is 17.8. The molecular weight excluding hydrogens is 406 g/mol. The summed E-state index contributed by atoms with van der Waals surface area (Å²) in [5.41, 5.74) is 1.66. The number of benzene rings is 2. The smallest absolute Gasteiger partial charge is 0.394 e. The van der Waals surface area contributed by atoms with Crippen LogP contribution >= 0.6 is 0 Å². The number of rotatable bonds is 4. The number of anilines is 1. The van der Waals surface area contributed by atoms with Crippen molar-refractivity contribution < 1.29 is 28.2 Å². The molecule has 2 aromatic rings. The molecule has 1 fully saturated rings. The Balaban J connectivity index is 2.01. The van der Waals surface area contributed by atoms with E-state index in [4.69, 9.17) is 5.11 Å². The van der Waals surface area contributed by atoms with Gasteiger partial charge in [0.2, 0.25) is 9.84 Å². The Morgan fingerprint density at radius 1 is 1.00 bits per heavy atom. The molecule has 1 aliphatic carbocycles. The molecule has 1 saturated carbocycles. The first kappa shape index (κ1) is 21.8. The van der Waals surface area contributed by atoms with Gasteiger partial charge in [-0.3, -0.25) is 4.79 Å². The van der Waals surface area contributed by atoms with Crippen LogP contribution in [-0.4, -0.2) is 30.5 Å². The van der Waals surface area contributed by atoms with Gasteiger partial charge in [-0.05, 0) is 79.6 Å². The lowest BCUT2D eigenvalue weighted by Gasteiger charge is -2.23. The molecule has 2 aromatic carbocycles. The number of phenolic OH excluding ortho intramolecular Hbond substituents is 1. The van der Waals surface area contributed by atoms with E-state index in [9.17, 15) is 23.1 Å². The molecule has 3 N–H and O–H groups in total. The Hall–Kier alpha value is -2.87. The monoisotopic (exact) mass is 431 g/mol. The first-order valence-electron chi connectivity index (χ1n) is 9.84. The van der Waals surface area contributed by atoms with Gasteiger partial charge in [0.15, 0.2) is 0 Å². The predicted molar refractivity (Wildman–Crippen MR) is 112 cm³/mol. The SMILES string of the molecule is Cc1cc(NC(=O)C(=O)O)cc(C)c1S(=O)(=O)c1ccc(O)c(C2CCCCC2)c1. The van der Waals surface area contributed by atoms with Gasteiger partial charge in [0, 0.05) is 5.69 Å². The van der Waals surface area contributed by atoms with Gasteiger partial charge in [-0.15, -0.1) is 0 Å². The Bertz CT molecular complexity index is 1080. The van der Waals surface area contributed by atoms with Crippen LogP contribution < -0.4 is 5.32 Å². The number of hydrogen-bond donors (Lipinski definition) is 3. The molecule has 0 atom stereocenters. The Morgan fingerprint density at radius 3 is 2.17 bits per heavy atom. The number of phenols is 1. The molecule has 0 saturated heterocycles. The molecule has 0 spiro atoms. The van der Waals surface area contributed by atoms with E-state index < -0.39 is 21.7 Å².